The van der Waals surface area contributed by atoms with Crippen molar-refractivity contribution in [1.82, 2.24) is 10.3 Å². The second-order valence-corrected chi connectivity index (χ2v) is 5.44. The highest BCUT2D eigenvalue weighted by Crippen LogP contribution is 2.35. The largest absolute Gasteiger partial charge is 0.329 e. The molecule has 0 unspecified atom stereocenters. The fraction of sp³-hybridized carbons (Fsp3) is 0.462. The molecule has 3 amide bonds. The van der Waals surface area contributed by atoms with Crippen molar-refractivity contribution in [3.63, 3.8) is 0 Å². The number of hydrogen-bond acceptors (Lipinski definition) is 3. The predicted octanol–water partition coefficient (Wildman–Crippen LogP) is 2.49. The van der Waals surface area contributed by atoms with Crippen LogP contribution >= 0.6 is 11.6 Å². The third kappa shape index (κ3) is 1.98. The Morgan fingerprint density at radius 2 is 2.00 bits per heavy atom. The molecule has 1 aromatic heterocycles. The lowest BCUT2D eigenvalue weighted by atomic mass is 9.82. The maximum atomic E-state index is 12.6. The number of nitrogens with zero attached hydrogens (tertiary/aromatic N) is 2. The number of anilines is 1. The van der Waals surface area contributed by atoms with Crippen LogP contribution in [0.3, 0.4) is 0 Å². The van der Waals surface area contributed by atoms with Crippen LogP contribution in [0.15, 0.2) is 18.3 Å². The van der Waals surface area contributed by atoms with Crippen LogP contribution in [0.5, 0.6) is 0 Å². The van der Waals surface area contributed by atoms with Crippen LogP contribution in [-0.2, 0) is 4.79 Å². The van der Waals surface area contributed by atoms with Gasteiger partial charge < -0.3 is 5.32 Å². The van der Waals surface area contributed by atoms with Gasteiger partial charge in [-0.05, 0) is 25.0 Å². The van der Waals surface area contributed by atoms with E-state index in [4.69, 9.17) is 11.6 Å². The van der Waals surface area contributed by atoms with E-state index in [0.29, 0.717) is 18.5 Å². The summed E-state index contributed by atoms with van der Waals surface area (Å²) in [5, 5.41) is 3.13. The van der Waals surface area contributed by atoms with E-state index in [0.717, 1.165) is 19.3 Å². The van der Waals surface area contributed by atoms with E-state index in [2.05, 4.69) is 10.3 Å². The quantitative estimate of drug-likeness (QED) is 0.634. The van der Waals surface area contributed by atoms with E-state index in [1.807, 2.05) is 0 Å². The summed E-state index contributed by atoms with van der Waals surface area (Å²) in [6.07, 6.45) is 5.98. The van der Waals surface area contributed by atoms with Gasteiger partial charge in [-0.25, -0.2) is 14.7 Å². The van der Waals surface area contributed by atoms with E-state index in [1.165, 1.54) is 17.2 Å². The summed E-state index contributed by atoms with van der Waals surface area (Å²) in [5.41, 5.74) is -0.226. The van der Waals surface area contributed by atoms with Crippen LogP contribution < -0.4 is 10.2 Å². The van der Waals surface area contributed by atoms with Gasteiger partial charge in [-0.1, -0.05) is 30.9 Å². The summed E-state index contributed by atoms with van der Waals surface area (Å²) in [6.45, 7) is 0. The Labute approximate surface area is 115 Å². The first-order valence-corrected chi connectivity index (χ1v) is 6.78. The van der Waals surface area contributed by atoms with Gasteiger partial charge in [0.15, 0.2) is 0 Å². The van der Waals surface area contributed by atoms with Gasteiger partial charge in [0.2, 0.25) is 0 Å². The van der Waals surface area contributed by atoms with Gasteiger partial charge >= 0.3 is 6.03 Å². The second kappa shape index (κ2) is 4.49. The number of imide groups is 1. The van der Waals surface area contributed by atoms with Gasteiger partial charge in [-0.2, -0.15) is 0 Å². The minimum Gasteiger partial charge on any atom is -0.323 e. The van der Waals surface area contributed by atoms with Gasteiger partial charge in [0.25, 0.3) is 5.91 Å². The molecule has 1 aliphatic carbocycles. The number of aromatic nitrogens is 1. The van der Waals surface area contributed by atoms with Crippen molar-refractivity contribution in [1.29, 1.82) is 0 Å². The fourth-order valence-electron chi connectivity index (χ4n) is 2.88. The molecule has 2 heterocycles. The molecule has 19 heavy (non-hydrogen) atoms. The molecule has 5 nitrogen and oxygen atoms in total. The van der Waals surface area contributed by atoms with Crippen LogP contribution in [-0.4, -0.2) is 22.5 Å². The van der Waals surface area contributed by atoms with Gasteiger partial charge in [0.05, 0.1) is 5.69 Å². The van der Waals surface area contributed by atoms with Crippen molar-refractivity contribution in [2.24, 2.45) is 0 Å². The molecule has 0 aromatic carbocycles. The van der Waals surface area contributed by atoms with Crippen molar-refractivity contribution < 1.29 is 9.59 Å². The maximum Gasteiger partial charge on any atom is 0.329 e. The van der Waals surface area contributed by atoms with Crippen molar-refractivity contribution in [2.75, 3.05) is 4.90 Å². The molecule has 3 rings (SSSR count). The van der Waals surface area contributed by atoms with Crippen LogP contribution in [0.1, 0.15) is 32.1 Å². The molecule has 1 N–H and O–H groups in total. The minimum atomic E-state index is -0.703. The van der Waals surface area contributed by atoms with E-state index < -0.39 is 5.54 Å². The van der Waals surface area contributed by atoms with Crippen LogP contribution in [0.2, 0.25) is 5.15 Å². The Kier molecular flexibility index (Phi) is 2.93. The number of urea groups is 1. The fourth-order valence-corrected chi connectivity index (χ4v) is 3.05. The Hall–Kier alpha value is -1.62. The molecular formula is C13H14ClN3O2. The summed E-state index contributed by atoms with van der Waals surface area (Å²) in [4.78, 5) is 29.7. The first-order valence-electron chi connectivity index (χ1n) is 6.41. The number of carbonyl (C=O) groups is 2. The van der Waals surface area contributed by atoms with Gasteiger partial charge in [0.1, 0.15) is 10.7 Å². The smallest absolute Gasteiger partial charge is 0.323 e. The highest BCUT2D eigenvalue weighted by Gasteiger charge is 2.51. The first kappa shape index (κ1) is 12.4. The van der Waals surface area contributed by atoms with Crippen molar-refractivity contribution >= 4 is 29.2 Å². The predicted molar refractivity (Wildman–Crippen MR) is 71.1 cm³/mol. The topological polar surface area (TPSA) is 62.3 Å². The molecular weight excluding hydrogens is 266 g/mol. The number of amides is 3. The Morgan fingerprint density at radius 1 is 1.26 bits per heavy atom. The van der Waals surface area contributed by atoms with Crippen LogP contribution in [0.4, 0.5) is 10.5 Å². The number of halogens is 1. The Bertz CT molecular complexity index is 540. The van der Waals surface area contributed by atoms with Crippen molar-refractivity contribution in [3.8, 4) is 0 Å². The number of nitrogens with one attached hydrogen (secondary N) is 1. The number of carbonyl (C=O) groups excluding carboxylic acids is 2. The molecule has 0 radical (unpaired) electrons. The average Bonchev–Trinajstić information content (AvgIpc) is 2.62. The molecule has 2 fully saturated rings. The molecule has 1 saturated carbocycles. The summed E-state index contributed by atoms with van der Waals surface area (Å²) >= 11 is 5.82. The van der Waals surface area contributed by atoms with E-state index in [-0.39, 0.29) is 17.1 Å². The standard InChI is InChI=1S/C13H14ClN3O2/c14-10-8-9(4-7-15-10)17-11(18)13(16-12(17)19)5-2-1-3-6-13/h4,7-8H,1-3,5-6H2,(H,16,19). The van der Waals surface area contributed by atoms with E-state index >= 15 is 0 Å². The number of hydrogen-bond donors (Lipinski definition) is 1. The number of rotatable bonds is 1. The minimum absolute atomic E-state index is 0.167. The summed E-state index contributed by atoms with van der Waals surface area (Å²) in [5.74, 6) is -0.167. The monoisotopic (exact) mass is 279 g/mol. The highest BCUT2D eigenvalue weighted by atomic mass is 35.5. The molecule has 0 atom stereocenters. The van der Waals surface area contributed by atoms with Gasteiger partial charge in [-0.3, -0.25) is 4.79 Å². The second-order valence-electron chi connectivity index (χ2n) is 5.05. The molecule has 0 bridgehead atoms. The zero-order chi connectivity index (χ0) is 13.5. The maximum absolute atomic E-state index is 12.6. The SMILES string of the molecule is O=C1NC2(CCCCC2)C(=O)N1c1ccnc(Cl)c1. The van der Waals surface area contributed by atoms with E-state index in [1.54, 1.807) is 6.07 Å². The van der Waals surface area contributed by atoms with Crippen LogP contribution in [0, 0.1) is 0 Å². The Morgan fingerprint density at radius 3 is 2.68 bits per heavy atom. The van der Waals surface area contributed by atoms with E-state index in [9.17, 15) is 9.59 Å². The zero-order valence-corrected chi connectivity index (χ0v) is 11.1. The molecule has 100 valence electrons. The third-order valence-electron chi connectivity index (χ3n) is 3.84. The zero-order valence-electron chi connectivity index (χ0n) is 10.4. The summed E-state index contributed by atoms with van der Waals surface area (Å²) in [7, 11) is 0. The average molecular weight is 280 g/mol. The first-order chi connectivity index (χ1) is 9.12. The normalized spacial score (nSPS) is 21.8. The molecule has 1 saturated heterocycles. The Balaban J connectivity index is 1.95. The third-order valence-corrected chi connectivity index (χ3v) is 4.04. The molecule has 6 heteroatoms. The highest BCUT2D eigenvalue weighted by molar-refractivity contribution is 6.30. The lowest BCUT2D eigenvalue weighted by Gasteiger charge is -2.30. The lowest BCUT2D eigenvalue weighted by Crippen LogP contribution is -2.48. The van der Waals surface area contributed by atoms with Gasteiger partial charge in [-0.15, -0.1) is 0 Å². The van der Waals surface area contributed by atoms with Gasteiger partial charge in [0, 0.05) is 6.20 Å². The lowest BCUT2D eigenvalue weighted by molar-refractivity contribution is -0.123. The summed E-state index contributed by atoms with van der Waals surface area (Å²) < 4.78 is 0. The number of pyridine rings is 1. The van der Waals surface area contributed by atoms with Crippen molar-refractivity contribution in [2.45, 2.75) is 37.6 Å². The van der Waals surface area contributed by atoms with Crippen molar-refractivity contribution in [3.05, 3.63) is 23.5 Å². The van der Waals surface area contributed by atoms with Crippen LogP contribution in [0.25, 0.3) is 0 Å². The molecule has 1 spiro atoms. The summed E-state index contributed by atoms with van der Waals surface area (Å²) in [6, 6.07) is 2.78. The molecule has 2 aliphatic rings. The molecule has 1 aromatic rings. The molecule has 1 aliphatic heterocycles.